The molecular weight excluding hydrogens is 448 g/mol. The molecule has 0 bridgehead atoms. The molecule has 1 aromatic rings. The number of halogens is 1. The molecule has 0 aliphatic heterocycles. The molecule has 0 saturated carbocycles. The lowest BCUT2D eigenvalue weighted by Crippen LogP contribution is -2.10. The van der Waals surface area contributed by atoms with E-state index >= 15 is 0 Å². The molecule has 0 radical (unpaired) electrons. The number of carbonyl (C=O) groups is 1. The summed E-state index contributed by atoms with van der Waals surface area (Å²) in [5.41, 5.74) is 0.00781. The van der Waals surface area contributed by atoms with Gasteiger partial charge in [-0.25, -0.2) is 13.9 Å². The van der Waals surface area contributed by atoms with Crippen molar-refractivity contribution in [1.29, 1.82) is 0 Å². The van der Waals surface area contributed by atoms with Crippen LogP contribution in [0.3, 0.4) is 0 Å². The predicted octanol–water partition coefficient (Wildman–Crippen LogP) is 5.28. The van der Waals surface area contributed by atoms with Crippen molar-refractivity contribution in [3.8, 4) is 5.75 Å². The van der Waals surface area contributed by atoms with Gasteiger partial charge in [0.25, 0.3) is 0 Å². The van der Waals surface area contributed by atoms with Crippen LogP contribution in [0.1, 0.15) is 38.1 Å². The van der Waals surface area contributed by atoms with Crippen LogP contribution in [0.5, 0.6) is 5.75 Å². The van der Waals surface area contributed by atoms with Gasteiger partial charge < -0.3 is 9.26 Å². The van der Waals surface area contributed by atoms with E-state index in [1.54, 1.807) is 27.7 Å². The van der Waals surface area contributed by atoms with Crippen molar-refractivity contribution < 1.29 is 41.3 Å². The van der Waals surface area contributed by atoms with Gasteiger partial charge in [-0.3, -0.25) is 23.2 Å². The summed E-state index contributed by atoms with van der Waals surface area (Å²) >= 11 is 6.21. The van der Waals surface area contributed by atoms with E-state index in [9.17, 15) is 13.9 Å². The zero-order valence-corrected chi connectivity index (χ0v) is 19.5. The first-order chi connectivity index (χ1) is 13.7. The van der Waals surface area contributed by atoms with Crippen molar-refractivity contribution in [3.63, 3.8) is 0 Å². The zero-order chi connectivity index (χ0) is 22.1. The Morgan fingerprint density at radius 1 is 0.966 bits per heavy atom. The lowest BCUT2D eigenvalue weighted by molar-refractivity contribution is 0.0602. The van der Waals surface area contributed by atoms with E-state index in [0.717, 1.165) is 0 Å². The number of hydrogen-bond donors (Lipinski definition) is 1. The monoisotopic (exact) mass is 473 g/mol. The third kappa shape index (κ3) is 7.57. The molecule has 0 unspecified atom stereocenters. The number of carbonyl (C=O) groups excluding carboxylic acids is 1. The summed E-state index contributed by atoms with van der Waals surface area (Å²) in [6.45, 7) is 6.75. The molecule has 13 heteroatoms. The first kappa shape index (κ1) is 25.9. The van der Waals surface area contributed by atoms with Gasteiger partial charge in [0.15, 0.2) is 0 Å². The molecule has 0 amide bonds. The van der Waals surface area contributed by atoms with Gasteiger partial charge in [0.2, 0.25) is 0 Å². The Morgan fingerprint density at radius 3 is 1.93 bits per heavy atom. The van der Waals surface area contributed by atoms with Crippen LogP contribution in [0, 0.1) is 0 Å². The maximum Gasteiger partial charge on any atom is 0.532 e. The van der Waals surface area contributed by atoms with Gasteiger partial charge in [-0.2, -0.15) is 0 Å². The Morgan fingerprint density at radius 2 is 1.48 bits per heavy atom. The maximum atomic E-state index is 12.7. The Labute approximate surface area is 175 Å². The van der Waals surface area contributed by atoms with E-state index in [2.05, 4.69) is 5.09 Å². The third-order valence-corrected chi connectivity index (χ3v) is 6.70. The minimum Gasteiger partial charge on any atom is -0.496 e. The molecule has 1 rings (SSSR count). The first-order valence-electron chi connectivity index (χ1n) is 8.85. The van der Waals surface area contributed by atoms with Crippen molar-refractivity contribution in [2.24, 2.45) is 0 Å². The van der Waals surface area contributed by atoms with Crippen molar-refractivity contribution in [2.45, 2.75) is 27.7 Å². The van der Waals surface area contributed by atoms with E-state index in [0.29, 0.717) is 0 Å². The fourth-order valence-electron chi connectivity index (χ4n) is 2.11. The summed E-state index contributed by atoms with van der Waals surface area (Å²) in [5.74, 6) is -1.01. The highest BCUT2D eigenvalue weighted by atomic mass is 35.5. The molecule has 0 aliphatic rings. The minimum absolute atomic E-state index is 0.0000308. The second kappa shape index (κ2) is 11.9. The highest BCUT2D eigenvalue weighted by Crippen LogP contribution is 2.52. The fraction of sp³-hybridized carbons (Fsp3) is 0.562. The van der Waals surface area contributed by atoms with Crippen molar-refractivity contribution in [2.75, 3.05) is 38.6 Å². The summed E-state index contributed by atoms with van der Waals surface area (Å²) in [4.78, 5) is 12.5. The van der Waals surface area contributed by atoms with E-state index < -0.39 is 21.5 Å². The van der Waals surface area contributed by atoms with E-state index in [1.807, 2.05) is 0 Å². The van der Waals surface area contributed by atoms with Crippen LogP contribution >= 0.6 is 27.2 Å². The molecule has 1 N–H and O–H groups in total. The zero-order valence-electron chi connectivity index (χ0n) is 16.9. The van der Waals surface area contributed by atoms with Gasteiger partial charge in [0.05, 0.1) is 44.2 Å². The summed E-state index contributed by atoms with van der Waals surface area (Å²) in [5, 5.41) is 2.60. The number of methoxy groups -OCH3 is 1. The third-order valence-electron chi connectivity index (χ3n) is 3.13. The number of phosphoric ester groups is 1. The summed E-state index contributed by atoms with van der Waals surface area (Å²) in [6.07, 6.45) is 0. The predicted molar refractivity (Wildman–Crippen MR) is 109 cm³/mol. The summed E-state index contributed by atoms with van der Waals surface area (Å²) in [7, 11) is -6.47. The molecule has 1 aromatic carbocycles. The molecule has 0 fully saturated rings. The summed E-state index contributed by atoms with van der Waals surface area (Å²) in [6, 6.07) is 2.52. The van der Waals surface area contributed by atoms with Gasteiger partial charge in [-0.15, -0.1) is 0 Å². The van der Waals surface area contributed by atoms with Crippen LogP contribution in [-0.2, 0) is 31.7 Å². The van der Waals surface area contributed by atoms with E-state index in [1.165, 1.54) is 19.2 Å². The van der Waals surface area contributed by atoms with Crippen LogP contribution in [-0.4, -0.2) is 39.5 Å². The normalized spacial score (nSPS) is 11.9. The largest absolute Gasteiger partial charge is 0.532 e. The number of benzene rings is 1. The lowest BCUT2D eigenvalue weighted by atomic mass is 10.2. The molecule has 0 aliphatic carbocycles. The molecule has 0 atom stereocenters. The average molecular weight is 474 g/mol. The Balaban J connectivity index is 3.22. The van der Waals surface area contributed by atoms with Crippen molar-refractivity contribution in [1.82, 2.24) is 0 Å². The molecular formula is C16H26ClNO9P2. The van der Waals surface area contributed by atoms with E-state index in [-0.39, 0.29) is 48.5 Å². The van der Waals surface area contributed by atoms with Gasteiger partial charge >= 0.3 is 21.5 Å². The molecule has 10 nitrogen and oxygen atoms in total. The second-order valence-corrected chi connectivity index (χ2v) is 8.87. The Kier molecular flexibility index (Phi) is 10.6. The Hall–Kier alpha value is -1.12. The Bertz CT molecular complexity index is 770. The molecule has 0 heterocycles. The van der Waals surface area contributed by atoms with Gasteiger partial charge in [-0.1, -0.05) is 11.6 Å². The molecule has 166 valence electrons. The van der Waals surface area contributed by atoms with Gasteiger partial charge in [0, 0.05) is 6.07 Å². The number of rotatable bonds is 13. The van der Waals surface area contributed by atoms with Crippen LogP contribution < -0.4 is 9.82 Å². The summed E-state index contributed by atoms with van der Waals surface area (Å²) < 4.78 is 55.4. The quantitative estimate of drug-likeness (QED) is 0.379. The van der Waals surface area contributed by atoms with Crippen LogP contribution in [0.4, 0.5) is 5.69 Å². The number of nitrogens with one attached hydrogen (secondary N) is 1. The van der Waals surface area contributed by atoms with Gasteiger partial charge in [-0.05, 0) is 33.8 Å². The number of phosphoric acid groups is 1. The number of anilines is 1. The standard InChI is InChI=1S/C16H26ClNO9P2/c1-6-23-28(20,24-7-2)18-14-11-15(22-5)12(10-13(14)17)16(19)27-29(21,25-8-3)26-9-4/h10-11H,6-9H2,1-5H3,(H,18,20). The van der Waals surface area contributed by atoms with Crippen LogP contribution in [0.25, 0.3) is 0 Å². The second-order valence-electron chi connectivity index (χ2n) is 5.14. The minimum atomic E-state index is -4.10. The number of hydrogen-bond acceptors (Lipinski definition) is 9. The van der Waals surface area contributed by atoms with Crippen LogP contribution in [0.15, 0.2) is 12.1 Å². The molecule has 29 heavy (non-hydrogen) atoms. The molecule has 0 saturated heterocycles. The number of ether oxygens (including phenoxy) is 1. The molecule has 0 spiro atoms. The fourth-order valence-corrected chi connectivity index (χ4v) is 4.87. The highest BCUT2D eigenvalue weighted by Gasteiger charge is 2.33. The van der Waals surface area contributed by atoms with Gasteiger partial charge in [0.1, 0.15) is 11.3 Å². The molecule has 0 aromatic heterocycles. The lowest BCUT2D eigenvalue weighted by Gasteiger charge is -2.21. The maximum absolute atomic E-state index is 12.7. The SMILES string of the molecule is CCOP(=O)(Nc1cc(OC)c(C(=O)OP(=O)(OCC)OCC)cc1Cl)OCC. The van der Waals surface area contributed by atoms with Crippen molar-refractivity contribution in [3.05, 3.63) is 22.7 Å². The van der Waals surface area contributed by atoms with Crippen molar-refractivity contribution >= 4 is 38.8 Å². The highest BCUT2D eigenvalue weighted by molar-refractivity contribution is 7.55. The smallest absolute Gasteiger partial charge is 0.496 e. The average Bonchev–Trinajstić information content (AvgIpc) is 2.63. The van der Waals surface area contributed by atoms with E-state index in [4.69, 9.17) is 39.0 Å². The topological polar surface area (TPSA) is 119 Å². The van der Waals surface area contributed by atoms with Crippen LogP contribution in [0.2, 0.25) is 5.02 Å². The first-order valence-corrected chi connectivity index (χ1v) is 12.2.